The minimum absolute atomic E-state index is 0.0388. The number of hydrogen-bond donors (Lipinski definition) is 1. The first-order valence-corrected chi connectivity index (χ1v) is 4.96. The molecule has 5 nitrogen and oxygen atoms in total. The lowest BCUT2D eigenvalue weighted by Gasteiger charge is -2.16. The predicted molar refractivity (Wildman–Crippen MR) is 55.3 cm³/mol. The fraction of sp³-hybridized carbons (Fsp3) is 0.700. The Morgan fingerprint density at radius 2 is 2.20 bits per heavy atom. The van der Waals surface area contributed by atoms with Crippen molar-refractivity contribution < 1.29 is 9.90 Å². The summed E-state index contributed by atoms with van der Waals surface area (Å²) in [5, 5.41) is 16.4. The van der Waals surface area contributed by atoms with E-state index < -0.39 is 0 Å². The van der Waals surface area contributed by atoms with Gasteiger partial charge >= 0.3 is 0 Å². The van der Waals surface area contributed by atoms with Gasteiger partial charge in [0, 0.05) is 18.4 Å². The van der Waals surface area contributed by atoms with Crippen molar-refractivity contribution in [2.45, 2.75) is 33.7 Å². The maximum atomic E-state index is 11.7. The van der Waals surface area contributed by atoms with Crippen molar-refractivity contribution in [1.82, 2.24) is 15.0 Å². The highest BCUT2D eigenvalue weighted by atomic mass is 16.3. The smallest absolute Gasteiger partial charge is 0.159 e. The Morgan fingerprint density at radius 3 is 2.73 bits per heavy atom. The van der Waals surface area contributed by atoms with Crippen LogP contribution in [0.4, 0.5) is 0 Å². The van der Waals surface area contributed by atoms with Gasteiger partial charge in [0.1, 0.15) is 6.54 Å². The summed E-state index contributed by atoms with van der Waals surface area (Å²) in [6, 6.07) is 0. The predicted octanol–water partition coefficient (Wildman–Crippen LogP) is 0.428. The van der Waals surface area contributed by atoms with Crippen molar-refractivity contribution in [1.29, 1.82) is 0 Å². The lowest BCUT2D eigenvalue weighted by Crippen LogP contribution is -2.26. The molecule has 1 rings (SSSR count). The molecule has 0 aliphatic heterocycles. The quantitative estimate of drug-likeness (QED) is 0.784. The largest absolute Gasteiger partial charge is 0.396 e. The van der Waals surface area contributed by atoms with Gasteiger partial charge in [-0.2, -0.15) is 0 Å². The van der Waals surface area contributed by atoms with Crippen molar-refractivity contribution in [3.8, 4) is 0 Å². The van der Waals surface area contributed by atoms with Crippen molar-refractivity contribution in [3.05, 3.63) is 11.9 Å². The van der Waals surface area contributed by atoms with Gasteiger partial charge in [0.25, 0.3) is 0 Å². The van der Waals surface area contributed by atoms with E-state index in [0.29, 0.717) is 6.42 Å². The van der Waals surface area contributed by atoms with Gasteiger partial charge in [-0.05, 0) is 0 Å². The number of carbonyl (C=O) groups is 1. The van der Waals surface area contributed by atoms with E-state index in [1.165, 1.54) is 0 Å². The Balaban J connectivity index is 2.72. The van der Waals surface area contributed by atoms with E-state index in [0.717, 1.165) is 5.69 Å². The number of hydrogen-bond acceptors (Lipinski definition) is 4. The summed E-state index contributed by atoms with van der Waals surface area (Å²) in [4.78, 5) is 11.7. The SMILES string of the molecule is CC(C)(C)C(=O)Cn1nncc1CCO. The molecule has 5 heteroatoms. The van der Waals surface area contributed by atoms with Crippen LogP contribution < -0.4 is 0 Å². The molecule has 0 atom stereocenters. The fourth-order valence-electron chi connectivity index (χ4n) is 1.09. The summed E-state index contributed by atoms with van der Waals surface area (Å²) in [6.07, 6.45) is 2.05. The van der Waals surface area contributed by atoms with Gasteiger partial charge < -0.3 is 5.11 Å². The van der Waals surface area contributed by atoms with Gasteiger partial charge in [-0.25, -0.2) is 4.68 Å². The second-order valence-electron chi connectivity index (χ2n) is 4.53. The van der Waals surface area contributed by atoms with Gasteiger partial charge in [0.15, 0.2) is 5.78 Å². The van der Waals surface area contributed by atoms with Gasteiger partial charge in [0.05, 0.1) is 11.9 Å². The van der Waals surface area contributed by atoms with Crippen LogP contribution in [0.2, 0.25) is 0 Å². The zero-order chi connectivity index (χ0) is 11.5. The second-order valence-corrected chi connectivity index (χ2v) is 4.53. The third-order valence-electron chi connectivity index (χ3n) is 2.20. The molecule has 0 aliphatic carbocycles. The maximum absolute atomic E-state index is 11.7. The second kappa shape index (κ2) is 4.53. The van der Waals surface area contributed by atoms with Gasteiger partial charge in [-0.3, -0.25) is 4.79 Å². The number of rotatable bonds is 4. The topological polar surface area (TPSA) is 68.0 Å². The van der Waals surface area contributed by atoms with Crippen LogP contribution in [0.15, 0.2) is 6.20 Å². The van der Waals surface area contributed by atoms with E-state index in [1.54, 1.807) is 10.9 Å². The van der Waals surface area contributed by atoms with Crippen LogP contribution in [-0.2, 0) is 17.8 Å². The summed E-state index contributed by atoms with van der Waals surface area (Å²) < 4.78 is 1.55. The number of Topliss-reactive ketones (excluding diaryl/α,β-unsaturated/α-hetero) is 1. The third-order valence-corrected chi connectivity index (χ3v) is 2.20. The van der Waals surface area contributed by atoms with Crippen LogP contribution in [0.3, 0.4) is 0 Å². The van der Waals surface area contributed by atoms with Crippen molar-refractivity contribution in [3.63, 3.8) is 0 Å². The number of aliphatic hydroxyl groups excluding tert-OH is 1. The highest BCUT2D eigenvalue weighted by Gasteiger charge is 2.22. The molecule has 0 aromatic carbocycles. The van der Waals surface area contributed by atoms with Gasteiger partial charge in [-0.15, -0.1) is 5.10 Å². The Hall–Kier alpha value is -1.23. The van der Waals surface area contributed by atoms with E-state index >= 15 is 0 Å². The first kappa shape index (κ1) is 11.8. The number of aromatic nitrogens is 3. The van der Waals surface area contributed by atoms with Crippen LogP contribution in [-0.4, -0.2) is 32.5 Å². The summed E-state index contributed by atoms with van der Waals surface area (Å²) in [5.74, 6) is 0.104. The lowest BCUT2D eigenvalue weighted by molar-refractivity contribution is -0.127. The molecule has 0 bridgehead atoms. The molecule has 0 radical (unpaired) electrons. The minimum atomic E-state index is -0.373. The van der Waals surface area contributed by atoms with Crippen molar-refractivity contribution >= 4 is 5.78 Å². The third kappa shape index (κ3) is 3.13. The molecule has 1 aromatic rings. The molecule has 0 unspecified atom stereocenters. The zero-order valence-electron chi connectivity index (χ0n) is 9.40. The van der Waals surface area contributed by atoms with Crippen LogP contribution in [0, 0.1) is 5.41 Å². The molecular formula is C10H17N3O2. The molecule has 0 spiro atoms. The first-order valence-electron chi connectivity index (χ1n) is 4.96. The molecule has 15 heavy (non-hydrogen) atoms. The van der Waals surface area contributed by atoms with Crippen LogP contribution >= 0.6 is 0 Å². The highest BCUT2D eigenvalue weighted by Crippen LogP contribution is 2.15. The average molecular weight is 211 g/mol. The zero-order valence-corrected chi connectivity index (χ0v) is 9.40. The van der Waals surface area contributed by atoms with Crippen LogP contribution in [0.25, 0.3) is 0 Å². The van der Waals surface area contributed by atoms with E-state index in [2.05, 4.69) is 10.3 Å². The molecule has 0 saturated carbocycles. The highest BCUT2D eigenvalue weighted by molar-refractivity contribution is 5.83. The van der Waals surface area contributed by atoms with Crippen molar-refractivity contribution in [2.24, 2.45) is 5.41 Å². The molecule has 0 amide bonds. The maximum Gasteiger partial charge on any atom is 0.159 e. The van der Waals surface area contributed by atoms with Gasteiger partial charge in [-0.1, -0.05) is 26.0 Å². The van der Waals surface area contributed by atoms with Crippen LogP contribution in [0.5, 0.6) is 0 Å². The lowest BCUT2D eigenvalue weighted by atomic mass is 9.91. The number of aliphatic hydroxyl groups is 1. The molecule has 84 valence electrons. The number of carbonyl (C=O) groups excluding carboxylic acids is 1. The van der Waals surface area contributed by atoms with E-state index in [1.807, 2.05) is 20.8 Å². The molecule has 1 aromatic heterocycles. The first-order chi connectivity index (χ1) is 6.95. The van der Waals surface area contributed by atoms with Gasteiger partial charge in [0.2, 0.25) is 0 Å². The molecule has 1 N–H and O–H groups in total. The Kier molecular flexibility index (Phi) is 3.57. The Morgan fingerprint density at radius 1 is 1.53 bits per heavy atom. The number of ketones is 1. The summed E-state index contributed by atoms with van der Waals surface area (Å²) >= 11 is 0. The molecule has 0 aliphatic rings. The summed E-state index contributed by atoms with van der Waals surface area (Å²) in [5.41, 5.74) is 0.415. The number of nitrogens with zero attached hydrogens (tertiary/aromatic N) is 3. The molecule has 0 fully saturated rings. The normalized spacial score (nSPS) is 11.7. The average Bonchev–Trinajstić information content (AvgIpc) is 2.52. The van der Waals surface area contributed by atoms with E-state index in [9.17, 15) is 4.79 Å². The standard InChI is InChI=1S/C10H17N3O2/c1-10(2,3)9(15)7-13-8(4-5-14)6-11-12-13/h6,14H,4-5,7H2,1-3H3. The van der Waals surface area contributed by atoms with E-state index in [-0.39, 0.29) is 24.3 Å². The Labute approximate surface area is 89.1 Å². The fourth-order valence-corrected chi connectivity index (χ4v) is 1.09. The molecule has 1 heterocycles. The minimum Gasteiger partial charge on any atom is -0.396 e. The van der Waals surface area contributed by atoms with E-state index in [4.69, 9.17) is 5.11 Å². The summed E-state index contributed by atoms with van der Waals surface area (Å²) in [7, 11) is 0. The summed E-state index contributed by atoms with van der Waals surface area (Å²) in [6.45, 7) is 5.88. The monoisotopic (exact) mass is 211 g/mol. The molecule has 0 saturated heterocycles. The molecular weight excluding hydrogens is 194 g/mol. The Bertz CT molecular complexity index is 339. The van der Waals surface area contributed by atoms with Crippen LogP contribution in [0.1, 0.15) is 26.5 Å². The van der Waals surface area contributed by atoms with Crippen molar-refractivity contribution in [2.75, 3.05) is 6.61 Å².